The summed E-state index contributed by atoms with van der Waals surface area (Å²) in [6.45, 7) is 8.90. The molecule has 8 nitrogen and oxygen atoms in total. The lowest BCUT2D eigenvalue weighted by molar-refractivity contribution is -0.661. The molecule has 0 N–H and O–H groups in total. The summed E-state index contributed by atoms with van der Waals surface area (Å²) in [5.41, 5.74) is 30.6. The molecule has 0 radical (unpaired) electrons. The van der Waals surface area contributed by atoms with E-state index in [0.29, 0.717) is 16.2 Å². The van der Waals surface area contributed by atoms with Crippen LogP contribution in [0.3, 0.4) is 0 Å². The first-order chi connectivity index (χ1) is 41.4. The van der Waals surface area contributed by atoms with Crippen molar-refractivity contribution in [3.63, 3.8) is 0 Å². The monoisotopic (exact) mass is 1120 g/mol. The molecule has 426 valence electrons. The van der Waals surface area contributed by atoms with E-state index in [0.717, 1.165) is 55.2 Å². The quantitative estimate of drug-likeness (QED) is 0.165. The molecular formula is C77H78N5O3+3. The van der Waals surface area contributed by atoms with Crippen molar-refractivity contribution in [2.24, 2.45) is 37.4 Å². The molecule has 8 heteroatoms. The van der Waals surface area contributed by atoms with Gasteiger partial charge in [-0.15, -0.1) is 0 Å². The third kappa shape index (κ3) is 8.38. The van der Waals surface area contributed by atoms with E-state index in [1.165, 1.54) is 194 Å². The lowest BCUT2D eigenvalue weighted by Crippen LogP contribution is -2.33. The van der Waals surface area contributed by atoms with Crippen LogP contribution in [-0.4, -0.2) is 9.97 Å². The molecule has 6 aliphatic carbocycles. The van der Waals surface area contributed by atoms with E-state index in [9.17, 15) is 0 Å². The number of aromatic nitrogens is 5. The molecule has 3 spiro atoms. The van der Waals surface area contributed by atoms with E-state index >= 15 is 0 Å². The lowest BCUT2D eigenvalue weighted by Gasteiger charge is -2.21. The van der Waals surface area contributed by atoms with Gasteiger partial charge in [-0.25, -0.2) is 13.7 Å². The van der Waals surface area contributed by atoms with Gasteiger partial charge in [-0.2, -0.15) is 0 Å². The Labute approximate surface area is 498 Å². The molecule has 3 saturated carbocycles. The van der Waals surface area contributed by atoms with Crippen LogP contribution in [0, 0.1) is 43.9 Å². The van der Waals surface area contributed by atoms with E-state index in [1.54, 1.807) is 28.5 Å². The average molecular weight is 1120 g/mol. The van der Waals surface area contributed by atoms with Gasteiger partial charge in [-0.05, 0) is 179 Å². The third-order valence-corrected chi connectivity index (χ3v) is 21.9. The van der Waals surface area contributed by atoms with E-state index in [1.807, 2.05) is 30.6 Å². The minimum atomic E-state index is 0.499. The molecule has 85 heavy (non-hydrogen) atoms. The predicted molar refractivity (Wildman–Crippen MR) is 340 cm³/mol. The van der Waals surface area contributed by atoms with Gasteiger partial charge in [-0.1, -0.05) is 93.1 Å². The number of pyridine rings is 5. The highest BCUT2D eigenvalue weighted by molar-refractivity contribution is 6.11. The summed E-state index contributed by atoms with van der Waals surface area (Å²) < 4.78 is 26.2. The van der Waals surface area contributed by atoms with Crippen LogP contribution in [0.1, 0.15) is 133 Å². The standard InChI is InChI=1S/C27H28NO.2C25H25N2O/c1-17-10-11-20-19-8-4-5-9-23(19)29-26(20)24(17)25-22-15-27(12-6-7-13-27)14-21(22)18(2)16-28(25)3;1-16-5-6-18-20-15-26-11-7-21(20)28-24(18)22(16)23-19-14-25(9-3-4-10-25)13-17(19)8-12-27(23)2;1-16-15-26-22-18-7-3-4-8-20(18)28-24(22)21(16)23-19-14-25(10-5-6-11-25)13-17(19)9-12-27(23)2/h4-5,8-11,16H,6-7,12-15H2,1-3H3;5-8,11-12,15H,3-4,9-10,13-14H2,1-2H3;3-4,7-9,12,15H,5-6,10-11,13-14H2,1-2H3/q3*+1. The lowest BCUT2D eigenvalue weighted by atomic mass is 9.83. The molecule has 0 atom stereocenters. The summed E-state index contributed by atoms with van der Waals surface area (Å²) in [7, 11) is 6.56. The Morgan fingerprint density at radius 1 is 0.388 bits per heavy atom. The van der Waals surface area contributed by atoms with Crippen molar-refractivity contribution >= 4 is 65.9 Å². The number of fused-ring (bicyclic) bond motifs is 12. The fraction of sp³-hybridized carbons (Fsp3) is 0.364. The van der Waals surface area contributed by atoms with E-state index in [4.69, 9.17) is 18.2 Å². The zero-order valence-corrected chi connectivity index (χ0v) is 50.8. The average Bonchev–Trinajstić information content (AvgIpc) is 2.05. The van der Waals surface area contributed by atoms with Gasteiger partial charge in [0.1, 0.15) is 54.6 Å². The van der Waals surface area contributed by atoms with E-state index in [2.05, 4.69) is 159 Å². The highest BCUT2D eigenvalue weighted by atomic mass is 16.3. The molecule has 18 rings (SSSR count). The molecule has 0 amide bonds. The van der Waals surface area contributed by atoms with E-state index < -0.39 is 0 Å². The SMILES string of the molecule is Cc1c[n+](C)c(-c2c(C)ccc3c2oc2ccccc23)c2c1CC1(CCCC1)C2.Cc1ccc2c(oc3ccncc32)c1-c1c2c(cc[n+]1C)CC1(CCCC1)C2.Cc1cnc2c(oc3ccccc32)c1-c1c2c(cc[n+]1C)CC1(CCCC1)C2. The second-order valence-corrected chi connectivity index (χ2v) is 27.4. The first kappa shape index (κ1) is 52.6. The molecule has 0 saturated heterocycles. The molecule has 8 aromatic heterocycles. The number of hydrogen-bond acceptors (Lipinski definition) is 5. The van der Waals surface area contributed by atoms with Crippen LogP contribution in [0.15, 0.2) is 141 Å². The first-order valence-electron chi connectivity index (χ1n) is 31.8. The van der Waals surface area contributed by atoms with Gasteiger partial charge in [0.15, 0.2) is 24.2 Å². The molecule has 0 bridgehead atoms. The number of nitrogens with zero attached hydrogens (tertiary/aromatic N) is 5. The van der Waals surface area contributed by atoms with Crippen LogP contribution in [0.4, 0.5) is 0 Å². The van der Waals surface area contributed by atoms with Crippen LogP contribution in [0.2, 0.25) is 0 Å². The predicted octanol–water partition coefficient (Wildman–Crippen LogP) is 17.2. The summed E-state index contributed by atoms with van der Waals surface area (Å²) in [5, 5.41) is 5.80. The van der Waals surface area contributed by atoms with Crippen LogP contribution >= 0.6 is 0 Å². The fourth-order valence-corrected chi connectivity index (χ4v) is 17.9. The van der Waals surface area contributed by atoms with Crippen molar-refractivity contribution in [3.8, 4) is 33.8 Å². The Morgan fingerprint density at radius 2 is 0.847 bits per heavy atom. The molecular weight excluding hydrogens is 1040 g/mol. The summed E-state index contributed by atoms with van der Waals surface area (Å²) in [6.07, 6.45) is 36.6. The summed E-state index contributed by atoms with van der Waals surface area (Å²) in [4.78, 5) is 9.06. The summed E-state index contributed by atoms with van der Waals surface area (Å²) >= 11 is 0. The number of hydrogen-bond donors (Lipinski definition) is 0. The molecule has 0 unspecified atom stereocenters. The molecule has 6 aliphatic rings. The maximum absolute atomic E-state index is 6.47. The zero-order valence-electron chi connectivity index (χ0n) is 50.8. The first-order valence-corrected chi connectivity index (χ1v) is 31.8. The van der Waals surface area contributed by atoms with Crippen molar-refractivity contribution in [3.05, 3.63) is 184 Å². The topological polar surface area (TPSA) is 76.8 Å². The van der Waals surface area contributed by atoms with Gasteiger partial charge in [0.25, 0.3) is 0 Å². The number of furan rings is 3. The van der Waals surface area contributed by atoms with Gasteiger partial charge in [0, 0.05) is 79.9 Å². The summed E-state index contributed by atoms with van der Waals surface area (Å²) in [6, 6.07) is 32.2. The Morgan fingerprint density at radius 3 is 1.44 bits per heavy atom. The van der Waals surface area contributed by atoms with Crippen molar-refractivity contribution < 1.29 is 27.0 Å². The van der Waals surface area contributed by atoms with Crippen molar-refractivity contribution in [1.29, 1.82) is 0 Å². The Balaban J connectivity index is 0.000000104. The van der Waals surface area contributed by atoms with Gasteiger partial charge < -0.3 is 13.3 Å². The minimum Gasteiger partial charge on any atom is -0.455 e. The van der Waals surface area contributed by atoms with Gasteiger partial charge in [0.2, 0.25) is 17.1 Å². The Kier molecular flexibility index (Phi) is 12.2. The van der Waals surface area contributed by atoms with Gasteiger partial charge in [0.05, 0.1) is 16.7 Å². The molecule has 4 aromatic carbocycles. The largest absolute Gasteiger partial charge is 0.455 e. The Hall–Kier alpha value is -7.97. The van der Waals surface area contributed by atoms with Crippen molar-refractivity contribution in [2.45, 2.75) is 143 Å². The van der Waals surface area contributed by atoms with Crippen LogP contribution in [-0.2, 0) is 59.7 Å². The maximum Gasteiger partial charge on any atom is 0.219 e. The van der Waals surface area contributed by atoms with E-state index in [-0.39, 0.29) is 0 Å². The molecule has 3 fully saturated rings. The zero-order chi connectivity index (χ0) is 57.5. The Bertz CT molecular complexity index is 4530. The maximum atomic E-state index is 6.47. The van der Waals surface area contributed by atoms with Crippen molar-refractivity contribution in [1.82, 2.24) is 9.97 Å². The fourth-order valence-electron chi connectivity index (χ4n) is 17.9. The highest BCUT2D eigenvalue weighted by Crippen LogP contribution is 2.55. The van der Waals surface area contributed by atoms with Crippen molar-refractivity contribution in [2.75, 3.05) is 0 Å². The van der Waals surface area contributed by atoms with Gasteiger partial charge in [-0.3, -0.25) is 9.97 Å². The number of rotatable bonds is 3. The number of aryl methyl sites for hydroxylation is 7. The smallest absolute Gasteiger partial charge is 0.219 e. The second-order valence-electron chi connectivity index (χ2n) is 27.4. The normalized spacial score (nSPS) is 17.7. The molecule has 12 aromatic rings. The summed E-state index contributed by atoms with van der Waals surface area (Å²) in [5.74, 6) is 0. The highest BCUT2D eigenvalue weighted by Gasteiger charge is 2.46. The van der Waals surface area contributed by atoms with Crippen LogP contribution < -0.4 is 13.7 Å². The molecule has 8 heterocycles. The minimum absolute atomic E-state index is 0.499. The van der Waals surface area contributed by atoms with Crippen LogP contribution in [0.25, 0.3) is 99.7 Å². The number of para-hydroxylation sites is 2. The molecule has 0 aliphatic heterocycles. The third-order valence-electron chi connectivity index (χ3n) is 21.9. The number of benzene rings is 4. The van der Waals surface area contributed by atoms with Crippen LogP contribution in [0.5, 0.6) is 0 Å². The second kappa shape index (κ2) is 19.8. The van der Waals surface area contributed by atoms with Gasteiger partial charge >= 0.3 is 0 Å².